The number of aromatic nitrogens is 1. The zero-order chi connectivity index (χ0) is 13.8. The number of nitrogens with zero attached hydrogens (tertiary/aromatic N) is 1. The van der Waals surface area contributed by atoms with Crippen LogP contribution in [0.4, 0.5) is 5.82 Å². The predicted octanol–water partition coefficient (Wildman–Crippen LogP) is 3.67. The third-order valence-electron chi connectivity index (χ3n) is 2.73. The van der Waals surface area contributed by atoms with Gasteiger partial charge in [-0.3, -0.25) is 0 Å². The molecule has 0 unspecified atom stereocenters. The number of carboxylic acid groups (broad SMARTS) is 1. The highest BCUT2D eigenvalue weighted by atomic mass is 35.5. The fourth-order valence-corrected chi connectivity index (χ4v) is 2.81. The van der Waals surface area contributed by atoms with Crippen LogP contribution in [0.15, 0.2) is 23.6 Å². The fraction of sp³-hybridized carbons (Fsp3) is 0.231. The Balaban J connectivity index is 2.19. The molecule has 0 aliphatic rings. The molecule has 6 heteroatoms. The second-order valence-corrected chi connectivity index (χ2v) is 5.30. The van der Waals surface area contributed by atoms with Gasteiger partial charge < -0.3 is 10.4 Å². The van der Waals surface area contributed by atoms with Gasteiger partial charge in [-0.1, -0.05) is 18.5 Å². The molecule has 4 nitrogen and oxygen atoms in total. The molecular formula is C13H13ClN2O2S. The van der Waals surface area contributed by atoms with Gasteiger partial charge >= 0.3 is 5.97 Å². The monoisotopic (exact) mass is 296 g/mol. The van der Waals surface area contributed by atoms with Crippen molar-refractivity contribution < 1.29 is 9.90 Å². The Kier molecular flexibility index (Phi) is 4.39. The Labute approximate surface area is 120 Å². The number of nitrogens with one attached hydrogen (secondary N) is 1. The number of anilines is 1. The predicted molar refractivity (Wildman–Crippen MR) is 77.2 cm³/mol. The van der Waals surface area contributed by atoms with Crippen LogP contribution < -0.4 is 5.32 Å². The Bertz CT molecular complexity index is 598. The minimum atomic E-state index is -1.02. The molecule has 2 N–H and O–H groups in total. The van der Waals surface area contributed by atoms with Gasteiger partial charge in [0.15, 0.2) is 0 Å². The average Bonchev–Trinajstić information content (AvgIpc) is 2.83. The van der Waals surface area contributed by atoms with E-state index in [-0.39, 0.29) is 10.7 Å². The lowest BCUT2D eigenvalue weighted by molar-refractivity contribution is 0.0697. The van der Waals surface area contributed by atoms with Gasteiger partial charge in [0.05, 0.1) is 6.54 Å². The van der Waals surface area contributed by atoms with Gasteiger partial charge in [0, 0.05) is 4.88 Å². The smallest absolute Gasteiger partial charge is 0.339 e. The number of aryl methyl sites for hydroxylation is 1. The summed E-state index contributed by atoms with van der Waals surface area (Å²) in [6.07, 6.45) is 0.954. The topological polar surface area (TPSA) is 62.2 Å². The molecule has 0 saturated heterocycles. The molecular weight excluding hydrogens is 284 g/mol. The number of aromatic carboxylic acids is 1. The van der Waals surface area contributed by atoms with Crippen molar-refractivity contribution in [1.29, 1.82) is 0 Å². The van der Waals surface area contributed by atoms with Crippen LogP contribution in [0, 0.1) is 0 Å². The van der Waals surface area contributed by atoms with Gasteiger partial charge in [0.1, 0.15) is 16.5 Å². The number of hydrogen-bond acceptors (Lipinski definition) is 4. The summed E-state index contributed by atoms with van der Waals surface area (Å²) >= 11 is 7.44. The molecule has 2 aromatic rings. The van der Waals surface area contributed by atoms with Gasteiger partial charge in [-0.25, -0.2) is 9.78 Å². The molecule has 0 amide bonds. The molecule has 19 heavy (non-hydrogen) atoms. The van der Waals surface area contributed by atoms with Gasteiger partial charge in [0.2, 0.25) is 0 Å². The van der Waals surface area contributed by atoms with Crippen molar-refractivity contribution in [3.8, 4) is 0 Å². The van der Waals surface area contributed by atoms with E-state index in [1.165, 1.54) is 22.6 Å². The van der Waals surface area contributed by atoms with Crippen LogP contribution in [-0.4, -0.2) is 16.1 Å². The highest BCUT2D eigenvalue weighted by Crippen LogP contribution is 2.21. The van der Waals surface area contributed by atoms with Crippen molar-refractivity contribution in [1.82, 2.24) is 4.98 Å². The lowest BCUT2D eigenvalue weighted by Gasteiger charge is -2.09. The number of thiophene rings is 1. The summed E-state index contributed by atoms with van der Waals surface area (Å²) in [6, 6.07) is 5.00. The van der Waals surface area contributed by atoms with Gasteiger partial charge in [-0.15, -0.1) is 11.3 Å². The van der Waals surface area contributed by atoms with E-state index >= 15 is 0 Å². The number of carbonyl (C=O) groups is 1. The first-order valence-corrected chi connectivity index (χ1v) is 7.06. The summed E-state index contributed by atoms with van der Waals surface area (Å²) in [6.45, 7) is 2.64. The van der Waals surface area contributed by atoms with Gasteiger partial charge in [-0.2, -0.15) is 0 Å². The third kappa shape index (κ3) is 3.24. The number of hydrogen-bond donors (Lipinski definition) is 2. The van der Waals surface area contributed by atoms with Crippen molar-refractivity contribution in [2.45, 2.75) is 19.9 Å². The molecule has 100 valence electrons. The van der Waals surface area contributed by atoms with Crippen LogP contribution >= 0.6 is 22.9 Å². The van der Waals surface area contributed by atoms with Crippen molar-refractivity contribution in [3.05, 3.63) is 44.7 Å². The summed E-state index contributed by atoms with van der Waals surface area (Å²) in [5, 5.41) is 14.4. The quantitative estimate of drug-likeness (QED) is 0.826. The van der Waals surface area contributed by atoms with Crippen molar-refractivity contribution in [3.63, 3.8) is 0 Å². The van der Waals surface area contributed by atoms with Gasteiger partial charge in [-0.05, 0) is 35.6 Å². The zero-order valence-electron chi connectivity index (χ0n) is 10.3. The lowest BCUT2D eigenvalue weighted by Crippen LogP contribution is -2.08. The van der Waals surface area contributed by atoms with E-state index < -0.39 is 5.97 Å². The zero-order valence-corrected chi connectivity index (χ0v) is 11.9. The molecule has 2 heterocycles. The maximum atomic E-state index is 11.1. The summed E-state index contributed by atoms with van der Waals surface area (Å²) in [4.78, 5) is 16.3. The van der Waals surface area contributed by atoms with Crippen LogP contribution in [0.5, 0.6) is 0 Å². The Morgan fingerprint density at radius 3 is 2.95 bits per heavy atom. The first-order chi connectivity index (χ1) is 9.11. The Hall–Kier alpha value is -1.59. The van der Waals surface area contributed by atoms with E-state index in [0.29, 0.717) is 12.4 Å². The summed E-state index contributed by atoms with van der Waals surface area (Å²) < 4.78 is 0. The number of pyridine rings is 1. The summed E-state index contributed by atoms with van der Waals surface area (Å²) in [5.74, 6) is -0.719. The molecule has 2 rings (SSSR count). The van der Waals surface area contributed by atoms with Gasteiger partial charge in [0.25, 0.3) is 0 Å². The second kappa shape index (κ2) is 6.04. The van der Waals surface area contributed by atoms with Crippen LogP contribution in [-0.2, 0) is 13.0 Å². The van der Waals surface area contributed by atoms with E-state index in [9.17, 15) is 4.79 Å². The summed E-state index contributed by atoms with van der Waals surface area (Å²) in [7, 11) is 0. The van der Waals surface area contributed by atoms with Crippen molar-refractivity contribution in [2.75, 3.05) is 5.32 Å². The number of carboxylic acids is 1. The highest BCUT2D eigenvalue weighted by molar-refractivity contribution is 7.10. The van der Waals surface area contributed by atoms with Crippen molar-refractivity contribution >= 4 is 34.7 Å². The number of halogens is 1. The second-order valence-electron chi connectivity index (χ2n) is 3.91. The van der Waals surface area contributed by atoms with Crippen LogP contribution in [0.1, 0.15) is 27.7 Å². The fourth-order valence-electron chi connectivity index (χ4n) is 1.74. The first kappa shape index (κ1) is 13.8. The molecule has 0 fully saturated rings. The molecule has 0 aromatic carbocycles. The highest BCUT2D eigenvalue weighted by Gasteiger charge is 2.12. The maximum absolute atomic E-state index is 11.1. The molecule has 2 aromatic heterocycles. The average molecular weight is 297 g/mol. The van der Waals surface area contributed by atoms with E-state index in [2.05, 4.69) is 23.3 Å². The summed E-state index contributed by atoms with van der Waals surface area (Å²) in [5.41, 5.74) is 1.38. The normalized spacial score (nSPS) is 10.4. The molecule has 0 spiro atoms. The van der Waals surface area contributed by atoms with E-state index in [1.54, 1.807) is 11.3 Å². The molecule has 0 aliphatic carbocycles. The molecule has 0 atom stereocenters. The minimum absolute atomic E-state index is 0.124. The standard InChI is InChI=1S/C13H13ClN2O2S/c1-2-8-5-6-19-10(8)7-15-12-9(13(17)18)3-4-11(14)16-12/h3-6H,2,7H2,1H3,(H,15,16)(H,17,18). The van der Waals surface area contributed by atoms with E-state index in [0.717, 1.165) is 6.42 Å². The van der Waals surface area contributed by atoms with E-state index in [1.807, 2.05) is 5.38 Å². The number of rotatable bonds is 5. The minimum Gasteiger partial charge on any atom is -0.478 e. The maximum Gasteiger partial charge on any atom is 0.339 e. The first-order valence-electron chi connectivity index (χ1n) is 5.80. The van der Waals surface area contributed by atoms with Crippen LogP contribution in [0.25, 0.3) is 0 Å². The molecule has 0 bridgehead atoms. The molecule has 0 aliphatic heterocycles. The Morgan fingerprint density at radius 1 is 1.47 bits per heavy atom. The Morgan fingerprint density at radius 2 is 2.26 bits per heavy atom. The van der Waals surface area contributed by atoms with Crippen LogP contribution in [0.2, 0.25) is 5.15 Å². The van der Waals surface area contributed by atoms with Crippen LogP contribution in [0.3, 0.4) is 0 Å². The lowest BCUT2D eigenvalue weighted by atomic mass is 10.2. The third-order valence-corrected chi connectivity index (χ3v) is 3.90. The van der Waals surface area contributed by atoms with E-state index in [4.69, 9.17) is 16.7 Å². The molecule has 0 saturated carbocycles. The molecule has 0 radical (unpaired) electrons. The largest absolute Gasteiger partial charge is 0.478 e. The SMILES string of the molecule is CCc1ccsc1CNc1nc(Cl)ccc1C(=O)O. The van der Waals surface area contributed by atoms with Crippen molar-refractivity contribution in [2.24, 2.45) is 0 Å².